The molecular weight excluding hydrogens is 354 g/mol. The van der Waals surface area contributed by atoms with Gasteiger partial charge in [-0.15, -0.1) is 10.2 Å². The van der Waals surface area contributed by atoms with Crippen molar-refractivity contribution in [3.63, 3.8) is 0 Å². The van der Waals surface area contributed by atoms with Crippen LogP contribution in [0.3, 0.4) is 0 Å². The molecule has 8 nitrogen and oxygen atoms in total. The summed E-state index contributed by atoms with van der Waals surface area (Å²) in [5.74, 6) is -0.448. The first kappa shape index (κ1) is 17.5. The largest absolute Gasteiger partial charge is 0.330 e. The Morgan fingerprint density at radius 3 is 2.62 bits per heavy atom. The van der Waals surface area contributed by atoms with Gasteiger partial charge in [-0.25, -0.2) is 4.79 Å². The number of aryl methyl sites for hydroxylation is 1. The van der Waals surface area contributed by atoms with Gasteiger partial charge in [0.15, 0.2) is 0 Å². The molecule has 1 aromatic carbocycles. The van der Waals surface area contributed by atoms with Gasteiger partial charge in [0.25, 0.3) is 5.56 Å². The minimum atomic E-state index is -0.473. The maximum Gasteiger partial charge on any atom is 0.330 e. The number of benzene rings is 1. The second kappa shape index (κ2) is 7.28. The zero-order chi connectivity index (χ0) is 18.7. The first-order valence-corrected chi connectivity index (χ1v) is 8.42. The number of rotatable bonds is 4. The van der Waals surface area contributed by atoms with Crippen LogP contribution in [0.1, 0.15) is 5.56 Å². The Labute approximate surface area is 152 Å². The lowest BCUT2D eigenvalue weighted by Gasteiger charge is -2.03. The summed E-state index contributed by atoms with van der Waals surface area (Å²) in [7, 11) is 2.92. The summed E-state index contributed by atoms with van der Waals surface area (Å²) in [6.07, 6.45) is 3.95. The molecule has 0 atom stereocenters. The van der Waals surface area contributed by atoms with Crippen molar-refractivity contribution >= 4 is 28.5 Å². The first-order valence-electron chi connectivity index (χ1n) is 7.60. The Morgan fingerprint density at radius 2 is 1.88 bits per heavy atom. The summed E-state index contributed by atoms with van der Waals surface area (Å²) in [5, 5.41) is 11.6. The summed E-state index contributed by atoms with van der Waals surface area (Å²) in [6, 6.07) is 9.50. The van der Waals surface area contributed by atoms with E-state index >= 15 is 0 Å². The molecule has 9 heteroatoms. The molecule has 132 valence electrons. The third-order valence-corrected chi connectivity index (χ3v) is 4.45. The zero-order valence-electron chi connectivity index (χ0n) is 14.0. The second-order valence-electron chi connectivity index (χ2n) is 5.44. The Morgan fingerprint density at radius 1 is 1.15 bits per heavy atom. The van der Waals surface area contributed by atoms with Gasteiger partial charge in [-0.1, -0.05) is 41.7 Å². The number of carbonyl (C=O) groups excluding carboxylic acids is 1. The topological polar surface area (TPSA) is 98.9 Å². The fourth-order valence-corrected chi connectivity index (χ4v) is 2.99. The molecule has 0 aliphatic carbocycles. The van der Waals surface area contributed by atoms with Gasteiger partial charge in [0.05, 0.1) is 5.56 Å². The average molecular weight is 369 g/mol. The van der Waals surface area contributed by atoms with Crippen LogP contribution in [-0.4, -0.2) is 25.2 Å². The highest BCUT2D eigenvalue weighted by atomic mass is 32.1. The second-order valence-corrected chi connectivity index (χ2v) is 6.42. The Kier molecular flexibility index (Phi) is 4.90. The normalized spacial score (nSPS) is 11.0. The summed E-state index contributed by atoms with van der Waals surface area (Å²) in [6.45, 7) is 0. The van der Waals surface area contributed by atoms with E-state index < -0.39 is 17.2 Å². The highest BCUT2D eigenvalue weighted by molar-refractivity contribution is 7.18. The summed E-state index contributed by atoms with van der Waals surface area (Å²) in [4.78, 5) is 35.7. The highest BCUT2D eigenvalue weighted by Gasteiger charge is 2.09. The van der Waals surface area contributed by atoms with Crippen LogP contribution in [-0.2, 0) is 18.9 Å². The standard InChI is InChI=1S/C17H15N5O3S/c1-21-10-12(15(24)22(2)17(21)25)8-9-13(23)18-16-20-19-14(26-16)11-6-4-3-5-7-11/h3-10H,1-2H3,(H,18,20,23)/b9-8+. The van der Waals surface area contributed by atoms with Gasteiger partial charge in [-0.3, -0.25) is 19.5 Å². The van der Waals surface area contributed by atoms with Crippen molar-refractivity contribution in [3.8, 4) is 10.6 Å². The van der Waals surface area contributed by atoms with Crippen LogP contribution in [0, 0.1) is 0 Å². The maximum atomic E-state index is 12.0. The van der Waals surface area contributed by atoms with E-state index in [1.165, 1.54) is 48.3 Å². The molecule has 3 aromatic rings. The minimum absolute atomic E-state index is 0.229. The molecule has 0 spiro atoms. The Hall–Kier alpha value is -3.33. The number of nitrogens with one attached hydrogen (secondary N) is 1. The molecule has 0 saturated carbocycles. The molecule has 0 fully saturated rings. The number of carbonyl (C=O) groups is 1. The predicted octanol–water partition coefficient (Wildman–Crippen LogP) is 1.25. The molecule has 2 heterocycles. The van der Waals surface area contributed by atoms with Crippen LogP contribution < -0.4 is 16.6 Å². The molecule has 0 aliphatic heterocycles. The lowest BCUT2D eigenvalue weighted by atomic mass is 10.2. The Bertz CT molecular complexity index is 1100. The number of amides is 1. The smallest absolute Gasteiger partial charge is 0.303 e. The van der Waals surface area contributed by atoms with Gasteiger partial charge in [0.2, 0.25) is 11.0 Å². The lowest BCUT2D eigenvalue weighted by molar-refractivity contribution is -0.111. The van der Waals surface area contributed by atoms with E-state index in [0.29, 0.717) is 10.1 Å². The number of hydrogen-bond donors (Lipinski definition) is 1. The summed E-state index contributed by atoms with van der Waals surface area (Å²) < 4.78 is 2.25. The van der Waals surface area contributed by atoms with Crippen LogP contribution in [0.15, 0.2) is 52.2 Å². The summed E-state index contributed by atoms with van der Waals surface area (Å²) in [5.41, 5.74) is 0.236. The van der Waals surface area contributed by atoms with E-state index in [1.54, 1.807) is 0 Å². The van der Waals surface area contributed by atoms with Crippen molar-refractivity contribution in [1.82, 2.24) is 19.3 Å². The monoisotopic (exact) mass is 369 g/mol. The molecule has 0 unspecified atom stereocenters. The van der Waals surface area contributed by atoms with Crippen LogP contribution in [0.2, 0.25) is 0 Å². The summed E-state index contributed by atoms with van der Waals surface area (Å²) >= 11 is 1.25. The van der Waals surface area contributed by atoms with E-state index in [0.717, 1.165) is 10.1 Å². The number of nitrogens with zero attached hydrogens (tertiary/aromatic N) is 4. The van der Waals surface area contributed by atoms with E-state index in [9.17, 15) is 14.4 Å². The predicted molar refractivity (Wildman–Crippen MR) is 99.9 cm³/mol. The van der Waals surface area contributed by atoms with E-state index in [2.05, 4.69) is 15.5 Å². The average Bonchev–Trinajstić information content (AvgIpc) is 3.11. The van der Waals surface area contributed by atoms with Crippen LogP contribution in [0.4, 0.5) is 5.13 Å². The molecule has 0 aliphatic rings. The fraction of sp³-hybridized carbons (Fsp3) is 0.118. The highest BCUT2D eigenvalue weighted by Crippen LogP contribution is 2.25. The Balaban J connectivity index is 1.74. The van der Waals surface area contributed by atoms with Crippen molar-refractivity contribution < 1.29 is 4.79 Å². The fourth-order valence-electron chi connectivity index (χ4n) is 2.23. The van der Waals surface area contributed by atoms with Crippen molar-refractivity contribution in [2.75, 3.05) is 5.32 Å². The van der Waals surface area contributed by atoms with E-state index in [1.807, 2.05) is 30.3 Å². The van der Waals surface area contributed by atoms with Gasteiger partial charge in [-0.2, -0.15) is 0 Å². The molecule has 3 rings (SSSR count). The van der Waals surface area contributed by atoms with Crippen molar-refractivity contribution in [3.05, 3.63) is 69.0 Å². The molecule has 1 amide bonds. The molecule has 0 saturated heterocycles. The molecule has 0 radical (unpaired) electrons. The van der Waals surface area contributed by atoms with Gasteiger partial charge in [0.1, 0.15) is 5.01 Å². The van der Waals surface area contributed by atoms with Gasteiger partial charge < -0.3 is 4.57 Å². The number of aromatic nitrogens is 4. The van der Waals surface area contributed by atoms with Crippen LogP contribution in [0.5, 0.6) is 0 Å². The molecule has 26 heavy (non-hydrogen) atoms. The maximum absolute atomic E-state index is 12.0. The van der Waals surface area contributed by atoms with E-state index in [-0.39, 0.29) is 5.56 Å². The number of hydrogen-bond acceptors (Lipinski definition) is 6. The van der Waals surface area contributed by atoms with Crippen molar-refractivity contribution in [2.24, 2.45) is 14.1 Å². The quantitative estimate of drug-likeness (QED) is 0.698. The van der Waals surface area contributed by atoms with Gasteiger partial charge >= 0.3 is 5.69 Å². The van der Waals surface area contributed by atoms with Crippen LogP contribution in [0.25, 0.3) is 16.6 Å². The first-order chi connectivity index (χ1) is 12.5. The molecule has 2 aromatic heterocycles. The lowest BCUT2D eigenvalue weighted by Crippen LogP contribution is -2.37. The minimum Gasteiger partial charge on any atom is -0.303 e. The molecular formula is C17H15N5O3S. The SMILES string of the molecule is Cn1cc(/C=C/C(=O)Nc2nnc(-c3ccccc3)s2)c(=O)n(C)c1=O. The third-order valence-electron chi connectivity index (χ3n) is 3.56. The number of anilines is 1. The zero-order valence-corrected chi connectivity index (χ0v) is 14.9. The van der Waals surface area contributed by atoms with E-state index in [4.69, 9.17) is 0 Å². The third kappa shape index (κ3) is 3.67. The van der Waals surface area contributed by atoms with Crippen LogP contribution >= 0.6 is 11.3 Å². The van der Waals surface area contributed by atoms with Gasteiger partial charge in [-0.05, 0) is 6.08 Å². The van der Waals surface area contributed by atoms with Crippen molar-refractivity contribution in [1.29, 1.82) is 0 Å². The molecule has 0 bridgehead atoms. The van der Waals surface area contributed by atoms with Crippen molar-refractivity contribution in [2.45, 2.75) is 0 Å². The van der Waals surface area contributed by atoms with Gasteiger partial charge in [0, 0.05) is 31.9 Å². The molecule has 1 N–H and O–H groups in total.